The molecule has 3 nitrogen and oxygen atoms in total. The first-order chi connectivity index (χ1) is 8.74. The summed E-state index contributed by atoms with van der Waals surface area (Å²) in [6.45, 7) is 9.63. The van der Waals surface area contributed by atoms with Crippen LogP contribution < -0.4 is 0 Å². The number of nitrogens with zero attached hydrogens (tertiary/aromatic N) is 1. The molecule has 0 bridgehead atoms. The van der Waals surface area contributed by atoms with Gasteiger partial charge in [0.25, 0.3) is 0 Å². The van der Waals surface area contributed by atoms with E-state index in [1.165, 1.54) is 11.1 Å². The molecule has 1 saturated heterocycles. The number of rotatable bonds is 5. The van der Waals surface area contributed by atoms with Gasteiger partial charge in [0.2, 0.25) is 0 Å². The molecule has 1 aliphatic heterocycles. The van der Waals surface area contributed by atoms with E-state index in [9.17, 15) is 0 Å². The Morgan fingerprint density at radius 3 is 2.67 bits per heavy atom. The lowest BCUT2D eigenvalue weighted by Gasteiger charge is -2.26. The molecule has 0 spiro atoms. The van der Waals surface area contributed by atoms with Crippen molar-refractivity contribution in [1.82, 2.24) is 4.90 Å². The first-order valence-electron chi connectivity index (χ1n) is 6.73. The molecule has 0 saturated carbocycles. The second-order valence-corrected chi connectivity index (χ2v) is 5.07. The average Bonchev–Trinajstić information content (AvgIpc) is 2.38. The topological polar surface area (TPSA) is 21.7 Å². The highest BCUT2D eigenvalue weighted by molar-refractivity contribution is 5.23. The lowest BCUT2D eigenvalue weighted by Crippen LogP contribution is -2.35. The third kappa shape index (κ3) is 4.41. The number of morpholine rings is 1. The summed E-state index contributed by atoms with van der Waals surface area (Å²) in [5.41, 5.74) is 2.62. The zero-order chi connectivity index (χ0) is 12.8. The van der Waals surface area contributed by atoms with Crippen LogP contribution in [0.3, 0.4) is 0 Å². The molecule has 0 aliphatic carbocycles. The van der Waals surface area contributed by atoms with Gasteiger partial charge in [-0.1, -0.05) is 24.3 Å². The molecule has 3 heteroatoms. The predicted molar refractivity (Wildman–Crippen MR) is 72.5 cm³/mol. The summed E-state index contributed by atoms with van der Waals surface area (Å²) in [7, 11) is 0. The standard InChI is InChI=1S/C15H23NO2/c1-13(2)18-12-15-5-3-4-14(10-15)11-16-6-8-17-9-7-16/h3-5,10,13H,6-9,11-12H2,1-2H3. The van der Waals surface area contributed by atoms with Gasteiger partial charge in [0, 0.05) is 19.6 Å². The van der Waals surface area contributed by atoms with Gasteiger partial charge in [-0.15, -0.1) is 0 Å². The van der Waals surface area contributed by atoms with Gasteiger partial charge in [0.1, 0.15) is 0 Å². The van der Waals surface area contributed by atoms with Crippen LogP contribution >= 0.6 is 0 Å². The van der Waals surface area contributed by atoms with Crippen LogP contribution in [-0.2, 0) is 22.6 Å². The van der Waals surface area contributed by atoms with Gasteiger partial charge in [0.15, 0.2) is 0 Å². The minimum absolute atomic E-state index is 0.285. The molecule has 100 valence electrons. The van der Waals surface area contributed by atoms with Gasteiger partial charge in [-0.3, -0.25) is 4.90 Å². The second kappa shape index (κ2) is 6.88. The van der Waals surface area contributed by atoms with Crippen LogP contribution in [0.25, 0.3) is 0 Å². The molecule has 0 aromatic heterocycles. The SMILES string of the molecule is CC(C)OCc1cccc(CN2CCOCC2)c1. The number of benzene rings is 1. The van der Waals surface area contributed by atoms with Crippen molar-refractivity contribution in [3.8, 4) is 0 Å². The van der Waals surface area contributed by atoms with E-state index >= 15 is 0 Å². The first kappa shape index (κ1) is 13.5. The number of hydrogen-bond acceptors (Lipinski definition) is 3. The Balaban J connectivity index is 1.89. The van der Waals surface area contributed by atoms with Crippen LogP contribution in [0.15, 0.2) is 24.3 Å². The summed E-state index contributed by atoms with van der Waals surface area (Å²) >= 11 is 0. The fourth-order valence-corrected chi connectivity index (χ4v) is 2.10. The molecule has 0 radical (unpaired) electrons. The van der Waals surface area contributed by atoms with Crippen molar-refractivity contribution in [2.75, 3.05) is 26.3 Å². The van der Waals surface area contributed by atoms with Crippen molar-refractivity contribution < 1.29 is 9.47 Å². The van der Waals surface area contributed by atoms with Crippen molar-refractivity contribution in [2.45, 2.75) is 33.1 Å². The third-order valence-corrected chi connectivity index (χ3v) is 3.08. The van der Waals surface area contributed by atoms with E-state index in [0.717, 1.165) is 32.8 Å². The van der Waals surface area contributed by atoms with Crippen LogP contribution in [-0.4, -0.2) is 37.3 Å². The summed E-state index contributed by atoms with van der Waals surface area (Å²) in [5.74, 6) is 0. The third-order valence-electron chi connectivity index (χ3n) is 3.08. The highest BCUT2D eigenvalue weighted by atomic mass is 16.5. The monoisotopic (exact) mass is 249 g/mol. The summed E-state index contributed by atoms with van der Waals surface area (Å²) in [6, 6.07) is 8.69. The van der Waals surface area contributed by atoms with Crippen molar-refractivity contribution in [3.63, 3.8) is 0 Å². The van der Waals surface area contributed by atoms with E-state index in [0.29, 0.717) is 6.61 Å². The fourth-order valence-electron chi connectivity index (χ4n) is 2.10. The van der Waals surface area contributed by atoms with E-state index in [-0.39, 0.29) is 6.10 Å². The van der Waals surface area contributed by atoms with E-state index in [1.807, 2.05) is 0 Å². The molecular formula is C15H23NO2. The molecule has 0 amide bonds. The second-order valence-electron chi connectivity index (χ2n) is 5.07. The number of hydrogen-bond donors (Lipinski definition) is 0. The van der Waals surface area contributed by atoms with Gasteiger partial charge in [-0.25, -0.2) is 0 Å². The molecule has 0 N–H and O–H groups in total. The van der Waals surface area contributed by atoms with Crippen LogP contribution in [0.2, 0.25) is 0 Å². The van der Waals surface area contributed by atoms with Crippen molar-refractivity contribution in [2.24, 2.45) is 0 Å². The zero-order valence-corrected chi connectivity index (χ0v) is 11.4. The molecule has 1 aromatic rings. The Bertz CT molecular complexity index is 359. The van der Waals surface area contributed by atoms with E-state index in [4.69, 9.17) is 9.47 Å². The smallest absolute Gasteiger partial charge is 0.0720 e. The minimum Gasteiger partial charge on any atom is -0.379 e. The Morgan fingerprint density at radius 1 is 1.22 bits per heavy atom. The maximum atomic E-state index is 5.64. The Hall–Kier alpha value is -0.900. The Labute approximate surface area is 110 Å². The molecule has 1 fully saturated rings. The molecule has 0 atom stereocenters. The normalized spacial score (nSPS) is 17.3. The van der Waals surface area contributed by atoms with E-state index in [1.54, 1.807) is 0 Å². The van der Waals surface area contributed by atoms with Crippen LogP contribution in [0.1, 0.15) is 25.0 Å². The molecule has 1 aliphatic rings. The van der Waals surface area contributed by atoms with Gasteiger partial charge >= 0.3 is 0 Å². The highest BCUT2D eigenvalue weighted by Crippen LogP contribution is 2.11. The largest absolute Gasteiger partial charge is 0.379 e. The van der Waals surface area contributed by atoms with Crippen LogP contribution in [0.4, 0.5) is 0 Å². The maximum Gasteiger partial charge on any atom is 0.0720 e. The van der Waals surface area contributed by atoms with Gasteiger partial charge < -0.3 is 9.47 Å². The lowest BCUT2D eigenvalue weighted by atomic mass is 10.1. The number of ether oxygens (including phenoxy) is 2. The predicted octanol–water partition coefficient (Wildman–Crippen LogP) is 2.44. The zero-order valence-electron chi connectivity index (χ0n) is 11.4. The van der Waals surface area contributed by atoms with Crippen LogP contribution in [0, 0.1) is 0 Å². The Kier molecular flexibility index (Phi) is 5.17. The summed E-state index contributed by atoms with van der Waals surface area (Å²) in [4.78, 5) is 2.44. The fraction of sp³-hybridized carbons (Fsp3) is 0.600. The Morgan fingerprint density at radius 2 is 1.94 bits per heavy atom. The van der Waals surface area contributed by atoms with Gasteiger partial charge in [0.05, 0.1) is 25.9 Å². The van der Waals surface area contributed by atoms with Gasteiger partial charge in [-0.2, -0.15) is 0 Å². The molecule has 1 aromatic carbocycles. The lowest BCUT2D eigenvalue weighted by molar-refractivity contribution is 0.0341. The highest BCUT2D eigenvalue weighted by Gasteiger charge is 2.10. The van der Waals surface area contributed by atoms with E-state index < -0.39 is 0 Å². The average molecular weight is 249 g/mol. The maximum absolute atomic E-state index is 5.64. The van der Waals surface area contributed by atoms with Crippen molar-refractivity contribution >= 4 is 0 Å². The first-order valence-corrected chi connectivity index (χ1v) is 6.73. The molecular weight excluding hydrogens is 226 g/mol. The minimum atomic E-state index is 0.285. The summed E-state index contributed by atoms with van der Waals surface area (Å²) in [6.07, 6.45) is 0.285. The molecule has 2 rings (SSSR count). The summed E-state index contributed by atoms with van der Waals surface area (Å²) in [5, 5.41) is 0. The summed E-state index contributed by atoms with van der Waals surface area (Å²) < 4.78 is 11.0. The van der Waals surface area contributed by atoms with Crippen molar-refractivity contribution in [3.05, 3.63) is 35.4 Å². The van der Waals surface area contributed by atoms with Gasteiger partial charge in [-0.05, 0) is 25.0 Å². The quantitative estimate of drug-likeness (QED) is 0.800. The van der Waals surface area contributed by atoms with Crippen molar-refractivity contribution in [1.29, 1.82) is 0 Å². The molecule has 0 unspecified atom stereocenters. The van der Waals surface area contributed by atoms with E-state index in [2.05, 4.69) is 43.0 Å². The molecule has 1 heterocycles. The van der Waals surface area contributed by atoms with Crippen LogP contribution in [0.5, 0.6) is 0 Å². The molecule has 18 heavy (non-hydrogen) atoms.